The van der Waals surface area contributed by atoms with Crippen LogP contribution in [-0.4, -0.2) is 98.6 Å². The molecule has 360 valence electrons. The number of methoxy groups -OCH3 is 2. The maximum atomic E-state index is 15.1. The van der Waals surface area contributed by atoms with E-state index >= 15 is 4.39 Å². The van der Waals surface area contributed by atoms with Crippen molar-refractivity contribution in [3.8, 4) is 46.3 Å². The average Bonchev–Trinajstić information content (AvgIpc) is 4.17. The molecule has 3 N–H and O–H groups in total. The molecule has 0 saturated carbocycles. The van der Waals surface area contributed by atoms with Crippen LogP contribution in [0.2, 0.25) is 0 Å². The predicted molar refractivity (Wildman–Crippen MR) is 257 cm³/mol. The van der Waals surface area contributed by atoms with E-state index in [1.165, 1.54) is 26.7 Å². The molecule has 2 aliphatic heterocycles. The molecular formula is C50H51ClF2N8O8. The lowest BCUT2D eigenvalue weighted by Crippen LogP contribution is -2.37. The molecule has 0 unspecified atom stereocenters. The predicted octanol–water partition coefficient (Wildman–Crippen LogP) is 10.0. The number of hydrogen-bond donors (Lipinski definition) is 3. The number of likely N-dealkylation sites (tertiary alicyclic amines) is 1. The van der Waals surface area contributed by atoms with E-state index in [1.54, 1.807) is 74.7 Å². The second-order valence-electron chi connectivity index (χ2n) is 16.6. The second kappa shape index (κ2) is 21.3. The first-order valence-corrected chi connectivity index (χ1v) is 22.7. The minimum Gasteiger partial charge on any atom is -0.493 e. The zero-order valence-corrected chi connectivity index (χ0v) is 39.6. The van der Waals surface area contributed by atoms with Crippen molar-refractivity contribution in [1.29, 1.82) is 0 Å². The topological polar surface area (TPSA) is 188 Å². The number of nitrogens with one attached hydrogen (secondary N) is 3. The Morgan fingerprint density at radius 3 is 1.64 bits per heavy atom. The van der Waals surface area contributed by atoms with E-state index in [2.05, 4.69) is 46.8 Å². The summed E-state index contributed by atoms with van der Waals surface area (Å²) < 4.78 is 64.9. The number of hydrogen-bond acceptors (Lipinski definition) is 13. The van der Waals surface area contributed by atoms with E-state index in [1.807, 2.05) is 18.7 Å². The number of carbonyl (C=O) groups is 2. The molecule has 4 aromatic carbocycles. The summed E-state index contributed by atoms with van der Waals surface area (Å²) in [6.07, 6.45) is 6.85. The van der Waals surface area contributed by atoms with Gasteiger partial charge in [0.2, 0.25) is 22.9 Å². The van der Waals surface area contributed by atoms with Gasteiger partial charge in [-0.25, -0.2) is 28.7 Å². The van der Waals surface area contributed by atoms with Crippen LogP contribution in [0, 0.1) is 25.5 Å². The van der Waals surface area contributed by atoms with Crippen LogP contribution >= 0.6 is 11.6 Å². The molecule has 10 rings (SSSR count). The fraction of sp³-hybridized carbons (Fsp3) is 0.320. The van der Waals surface area contributed by atoms with Crippen molar-refractivity contribution in [2.24, 2.45) is 0 Å². The third-order valence-corrected chi connectivity index (χ3v) is 11.7. The Kier molecular flexibility index (Phi) is 14.9. The van der Waals surface area contributed by atoms with Gasteiger partial charge in [-0.05, 0) is 106 Å². The summed E-state index contributed by atoms with van der Waals surface area (Å²) >= 11 is 4.64. The number of aromatic nitrogens is 6. The second-order valence-corrected chi connectivity index (χ2v) is 17.1. The first-order valence-electron chi connectivity index (χ1n) is 22.3. The number of benzene rings is 4. The summed E-state index contributed by atoms with van der Waals surface area (Å²) in [7, 11) is 3.12. The maximum Gasteiger partial charge on any atom is 0.230 e. The monoisotopic (exact) mass is 964 g/mol. The van der Waals surface area contributed by atoms with E-state index in [9.17, 15) is 14.0 Å². The number of ether oxygens (including phenoxy) is 6. The van der Waals surface area contributed by atoms with E-state index in [-0.39, 0.29) is 40.5 Å². The van der Waals surface area contributed by atoms with Crippen LogP contribution in [0.25, 0.3) is 43.6 Å². The van der Waals surface area contributed by atoms with Gasteiger partial charge in [-0.1, -0.05) is 0 Å². The van der Waals surface area contributed by atoms with Gasteiger partial charge in [-0.2, -0.15) is 0 Å². The van der Waals surface area contributed by atoms with E-state index < -0.39 is 11.6 Å². The van der Waals surface area contributed by atoms with E-state index in [0.717, 1.165) is 55.7 Å². The van der Waals surface area contributed by atoms with E-state index in [4.69, 9.17) is 28.4 Å². The molecule has 2 fully saturated rings. The molecule has 0 radical (unpaired) electrons. The van der Waals surface area contributed by atoms with Crippen LogP contribution < -0.4 is 33.7 Å². The van der Waals surface area contributed by atoms with Gasteiger partial charge in [-0.15, -0.1) is 0 Å². The van der Waals surface area contributed by atoms with Crippen molar-refractivity contribution in [2.75, 3.05) is 40.5 Å². The number of nitrogens with zero attached hydrogens (tertiary/aromatic N) is 5. The summed E-state index contributed by atoms with van der Waals surface area (Å²) in [6, 6.07) is 17.6. The molecule has 4 aromatic heterocycles. The first-order chi connectivity index (χ1) is 33.3. The van der Waals surface area contributed by atoms with Crippen molar-refractivity contribution in [3.05, 3.63) is 96.3 Å². The molecule has 19 heteroatoms. The summed E-state index contributed by atoms with van der Waals surface area (Å²) in [5.41, 5.74) is 4.34. The molecule has 8 aromatic rings. The van der Waals surface area contributed by atoms with Gasteiger partial charge < -0.3 is 48.6 Å². The third-order valence-electron chi connectivity index (χ3n) is 11.7. The zero-order chi connectivity index (χ0) is 48.8. The SMILES string of the molecule is CC(=O)Cl.COc1cc2c(Oc3ccc4[nH]c(C)cc4c3F)ncnc2cc1OC[C@H]1CCCN1.COc1cc2c(Oc3ccc4[nH]c(C)cc4c3F)ncnc2cc1OC[C@H]1CCCN1C(C)=O. The van der Waals surface area contributed by atoms with Crippen LogP contribution in [0.5, 0.6) is 46.3 Å². The minimum absolute atomic E-state index is 0.0251. The number of aryl methyl sites for hydroxylation is 2. The molecule has 0 bridgehead atoms. The Labute approximate surface area is 400 Å². The van der Waals surface area contributed by atoms with Crippen molar-refractivity contribution in [3.63, 3.8) is 0 Å². The highest BCUT2D eigenvalue weighted by Crippen LogP contribution is 2.40. The molecule has 1 amide bonds. The van der Waals surface area contributed by atoms with Gasteiger partial charge in [0.25, 0.3) is 0 Å². The number of halogens is 3. The maximum absolute atomic E-state index is 15.1. The number of H-pyrrole nitrogens is 2. The fourth-order valence-corrected chi connectivity index (χ4v) is 8.43. The average molecular weight is 965 g/mol. The lowest BCUT2D eigenvalue weighted by Gasteiger charge is -2.23. The van der Waals surface area contributed by atoms with E-state index in [0.29, 0.717) is 80.3 Å². The molecular weight excluding hydrogens is 914 g/mol. The Hall–Kier alpha value is -7.31. The summed E-state index contributed by atoms with van der Waals surface area (Å²) in [6.45, 7) is 9.29. The zero-order valence-electron chi connectivity index (χ0n) is 38.9. The summed E-state index contributed by atoms with van der Waals surface area (Å²) in [5, 5.41) is 5.14. The van der Waals surface area contributed by atoms with Gasteiger partial charge in [0.15, 0.2) is 46.1 Å². The highest BCUT2D eigenvalue weighted by atomic mass is 35.5. The van der Waals surface area contributed by atoms with Crippen molar-refractivity contribution in [1.82, 2.24) is 40.1 Å². The first kappa shape index (κ1) is 48.2. The Bertz CT molecular complexity index is 3160. The summed E-state index contributed by atoms with van der Waals surface area (Å²) in [4.78, 5) is 46.2. The normalized spacial score (nSPS) is 15.4. The Morgan fingerprint density at radius 1 is 0.667 bits per heavy atom. The van der Waals surface area contributed by atoms with Crippen molar-refractivity contribution in [2.45, 2.75) is 65.5 Å². The Balaban J connectivity index is 0.000000173. The van der Waals surface area contributed by atoms with Gasteiger partial charge in [0.05, 0.1) is 42.1 Å². The van der Waals surface area contributed by atoms with Crippen LogP contribution in [0.1, 0.15) is 50.9 Å². The van der Waals surface area contributed by atoms with Crippen LogP contribution in [0.15, 0.2) is 73.3 Å². The summed E-state index contributed by atoms with van der Waals surface area (Å²) in [5.74, 6) is 1.88. The van der Waals surface area contributed by atoms with Crippen LogP contribution in [0.4, 0.5) is 8.78 Å². The molecule has 2 aliphatic rings. The molecule has 69 heavy (non-hydrogen) atoms. The quantitative estimate of drug-likeness (QED) is 0.0983. The standard InChI is InChI=1S/C25H25FN4O4.C23H23FN4O3.C2H3ClO/c1-14-9-17-19(29-14)6-7-21(24(17)26)34-25-18-10-22(32-3)23(11-20(18)27-13-28-25)33-12-16-5-4-8-30(16)15(2)31;1-13-8-15-17(28-13)5-6-19(22(15)24)31-23-16-9-20(29-2)21(10-18(16)26-12-27-23)30-11-14-4-3-7-25-14;1-2(3)4/h6-7,9-11,13,16,29H,4-5,8,12H2,1-3H3;5-6,8-10,12,14,25,28H,3-4,7,11H2,1-2H3;1H3/t16-;14-;/m11./s1. The van der Waals surface area contributed by atoms with Gasteiger partial charge in [0.1, 0.15) is 25.9 Å². The molecule has 0 aliphatic carbocycles. The number of rotatable bonds is 12. The smallest absolute Gasteiger partial charge is 0.230 e. The van der Waals surface area contributed by atoms with Gasteiger partial charge in [0, 0.05) is 71.8 Å². The molecule has 2 atom stereocenters. The molecule has 0 spiro atoms. The highest BCUT2D eigenvalue weighted by Gasteiger charge is 2.28. The van der Waals surface area contributed by atoms with Crippen LogP contribution in [0.3, 0.4) is 0 Å². The number of amides is 1. The lowest BCUT2D eigenvalue weighted by molar-refractivity contribution is -0.130. The number of aromatic amines is 2. The minimum atomic E-state index is -0.466. The Morgan fingerprint density at radius 2 is 1.17 bits per heavy atom. The van der Waals surface area contributed by atoms with Crippen molar-refractivity contribution >= 4 is 66.4 Å². The van der Waals surface area contributed by atoms with Crippen molar-refractivity contribution < 1.29 is 46.8 Å². The van der Waals surface area contributed by atoms with Crippen LogP contribution in [-0.2, 0) is 9.59 Å². The lowest BCUT2D eigenvalue weighted by atomic mass is 10.2. The van der Waals surface area contributed by atoms with Gasteiger partial charge in [-0.3, -0.25) is 9.59 Å². The molecule has 6 heterocycles. The fourth-order valence-electron chi connectivity index (χ4n) is 8.43. The molecule has 16 nitrogen and oxygen atoms in total. The van der Waals surface area contributed by atoms with Gasteiger partial charge >= 0.3 is 0 Å². The third kappa shape index (κ3) is 11.0. The number of fused-ring (bicyclic) bond motifs is 4. The highest BCUT2D eigenvalue weighted by molar-refractivity contribution is 6.62. The largest absolute Gasteiger partial charge is 0.493 e. The number of carbonyl (C=O) groups excluding carboxylic acids is 2. The molecule has 2 saturated heterocycles.